The SMILES string of the molecule is N#Cc1ccc(-c2cc(-c3ccc(C(F)(F)F)cc3C(F)(F)F)ccc2-n2c3ccc(C(F)(F)F)cc3c3cc(C(F)(F)F)ccc32)c(-n2c3ccc(C(F)(F)F)cc3c3cc(C(F)(F)F)ccc32)c1. The Labute approximate surface area is 379 Å². The van der Waals surface area contributed by atoms with Crippen LogP contribution in [0.2, 0.25) is 0 Å². The van der Waals surface area contributed by atoms with E-state index in [1.807, 2.05) is 6.07 Å². The Balaban J connectivity index is 1.45. The minimum absolute atomic E-state index is 0.151. The Morgan fingerprint density at radius 3 is 1.04 bits per heavy atom. The second-order valence-corrected chi connectivity index (χ2v) is 15.9. The molecule has 21 heteroatoms. The van der Waals surface area contributed by atoms with Crippen molar-refractivity contribution in [2.24, 2.45) is 0 Å². The van der Waals surface area contributed by atoms with E-state index in [1.165, 1.54) is 6.07 Å². The van der Waals surface area contributed by atoms with Crippen LogP contribution < -0.4 is 0 Å². The van der Waals surface area contributed by atoms with Crippen molar-refractivity contribution in [2.45, 2.75) is 37.1 Å². The molecular weight excluding hydrogens is 973 g/mol. The van der Waals surface area contributed by atoms with Gasteiger partial charge in [0.1, 0.15) is 0 Å². The molecule has 9 aromatic rings. The van der Waals surface area contributed by atoms with Crippen LogP contribution in [-0.4, -0.2) is 9.13 Å². The van der Waals surface area contributed by atoms with Gasteiger partial charge in [-0.2, -0.15) is 84.3 Å². The molecule has 2 heterocycles. The summed E-state index contributed by atoms with van der Waals surface area (Å²) in [5.41, 5.74) is -12.0. The monoisotopic (exact) mass is 993 g/mol. The Hall–Kier alpha value is -7.63. The molecule has 3 nitrogen and oxygen atoms in total. The predicted octanol–water partition coefficient (Wildman–Crippen LogP) is 17.2. The average Bonchev–Trinajstić information content (AvgIpc) is 3.78. The summed E-state index contributed by atoms with van der Waals surface area (Å²) in [6.07, 6.45) is -30.8. The van der Waals surface area contributed by atoms with Gasteiger partial charge in [-0.25, -0.2) is 0 Å². The zero-order valence-electron chi connectivity index (χ0n) is 34.3. The number of alkyl halides is 18. The van der Waals surface area contributed by atoms with Crippen LogP contribution in [-0.2, 0) is 37.1 Å². The molecule has 7 aromatic carbocycles. The lowest BCUT2D eigenvalue weighted by molar-refractivity contribution is -0.143. The molecule has 0 amide bonds. The summed E-state index contributed by atoms with van der Waals surface area (Å²) >= 11 is 0. The van der Waals surface area contributed by atoms with Gasteiger partial charge in [-0.15, -0.1) is 0 Å². The fraction of sp³-hybridized carbons (Fsp3) is 0.122. The average molecular weight is 994 g/mol. The summed E-state index contributed by atoms with van der Waals surface area (Å²) in [6.45, 7) is 0. The van der Waals surface area contributed by atoms with Gasteiger partial charge in [0.25, 0.3) is 0 Å². The van der Waals surface area contributed by atoms with Gasteiger partial charge in [0.05, 0.1) is 78.5 Å². The molecule has 0 aliphatic carbocycles. The Morgan fingerprint density at radius 2 is 0.671 bits per heavy atom. The maximum atomic E-state index is 14.7. The van der Waals surface area contributed by atoms with Crippen molar-refractivity contribution in [3.8, 4) is 39.7 Å². The second kappa shape index (κ2) is 15.7. The highest BCUT2D eigenvalue weighted by molar-refractivity contribution is 6.12. The summed E-state index contributed by atoms with van der Waals surface area (Å²) in [6, 6.07) is 17.4. The molecule has 2 aromatic heterocycles. The smallest absolute Gasteiger partial charge is 0.309 e. The molecule has 9 rings (SSSR count). The molecule has 0 radical (unpaired) electrons. The molecule has 0 unspecified atom stereocenters. The second-order valence-electron chi connectivity index (χ2n) is 15.9. The Morgan fingerprint density at radius 1 is 0.314 bits per heavy atom. The van der Waals surface area contributed by atoms with E-state index >= 15 is 0 Å². The van der Waals surface area contributed by atoms with E-state index in [2.05, 4.69) is 0 Å². The maximum absolute atomic E-state index is 14.7. The van der Waals surface area contributed by atoms with E-state index in [4.69, 9.17) is 0 Å². The van der Waals surface area contributed by atoms with Crippen molar-refractivity contribution < 1.29 is 79.0 Å². The van der Waals surface area contributed by atoms with Crippen LogP contribution >= 0.6 is 0 Å². The molecule has 0 fully saturated rings. The predicted molar refractivity (Wildman–Crippen MR) is 221 cm³/mol. The van der Waals surface area contributed by atoms with E-state index < -0.39 is 103 Å². The summed E-state index contributed by atoms with van der Waals surface area (Å²) in [7, 11) is 0. The summed E-state index contributed by atoms with van der Waals surface area (Å²) in [5.74, 6) is 0. The third-order valence-corrected chi connectivity index (χ3v) is 11.7. The molecule has 358 valence electrons. The number of fused-ring (bicyclic) bond motifs is 6. The van der Waals surface area contributed by atoms with Gasteiger partial charge in [-0.05, 0) is 120 Å². The zero-order chi connectivity index (χ0) is 50.8. The minimum atomic E-state index is -5.46. The van der Waals surface area contributed by atoms with E-state index in [9.17, 15) is 84.3 Å². The van der Waals surface area contributed by atoms with Gasteiger partial charge in [0.15, 0.2) is 0 Å². The molecule has 0 aliphatic heterocycles. The highest BCUT2D eigenvalue weighted by Crippen LogP contribution is 2.48. The fourth-order valence-corrected chi connectivity index (χ4v) is 8.61. The third-order valence-electron chi connectivity index (χ3n) is 11.7. The van der Waals surface area contributed by atoms with Crippen LogP contribution in [0.4, 0.5) is 79.0 Å². The lowest BCUT2D eigenvalue weighted by Gasteiger charge is -2.21. The van der Waals surface area contributed by atoms with Gasteiger partial charge in [0, 0.05) is 32.7 Å². The van der Waals surface area contributed by atoms with Gasteiger partial charge >= 0.3 is 37.1 Å². The topological polar surface area (TPSA) is 33.6 Å². The van der Waals surface area contributed by atoms with Gasteiger partial charge < -0.3 is 9.13 Å². The number of rotatable bonds is 4. The van der Waals surface area contributed by atoms with Crippen molar-refractivity contribution in [2.75, 3.05) is 0 Å². The highest BCUT2D eigenvalue weighted by Gasteiger charge is 2.40. The number of nitriles is 1. The number of aromatic nitrogens is 2. The zero-order valence-corrected chi connectivity index (χ0v) is 34.3. The third kappa shape index (κ3) is 8.17. The Kier molecular flexibility index (Phi) is 10.6. The summed E-state index contributed by atoms with van der Waals surface area (Å²) < 4.78 is 258. The largest absolute Gasteiger partial charge is 0.417 e. The summed E-state index contributed by atoms with van der Waals surface area (Å²) in [5, 5.41) is 8.50. The molecule has 0 spiro atoms. The number of hydrogen-bond donors (Lipinski definition) is 0. The molecule has 0 N–H and O–H groups in total. The summed E-state index contributed by atoms with van der Waals surface area (Å²) in [4.78, 5) is 0. The van der Waals surface area contributed by atoms with Crippen LogP contribution in [0.5, 0.6) is 0 Å². The van der Waals surface area contributed by atoms with Crippen molar-refractivity contribution in [3.05, 3.63) is 166 Å². The van der Waals surface area contributed by atoms with E-state index in [0.29, 0.717) is 60.7 Å². The molecular formula is C49H21F18N3. The van der Waals surface area contributed by atoms with Crippen LogP contribution in [0.3, 0.4) is 0 Å². The van der Waals surface area contributed by atoms with Crippen LogP contribution in [0, 0.1) is 11.3 Å². The lowest BCUT2D eigenvalue weighted by atomic mass is 9.92. The van der Waals surface area contributed by atoms with Crippen LogP contribution in [0.25, 0.3) is 77.2 Å². The Bertz CT molecular complexity index is 3500. The van der Waals surface area contributed by atoms with Crippen molar-refractivity contribution in [1.82, 2.24) is 9.13 Å². The fourth-order valence-electron chi connectivity index (χ4n) is 8.61. The number of benzene rings is 7. The highest BCUT2D eigenvalue weighted by atomic mass is 19.4. The molecule has 0 atom stereocenters. The first kappa shape index (κ1) is 47.4. The number of hydrogen-bond acceptors (Lipinski definition) is 1. The van der Waals surface area contributed by atoms with Crippen LogP contribution in [0.15, 0.2) is 127 Å². The first-order chi connectivity index (χ1) is 32.4. The quantitative estimate of drug-likeness (QED) is 0.162. The molecule has 0 aliphatic rings. The van der Waals surface area contributed by atoms with Crippen molar-refractivity contribution in [3.63, 3.8) is 0 Å². The van der Waals surface area contributed by atoms with Crippen molar-refractivity contribution >= 4 is 43.6 Å². The van der Waals surface area contributed by atoms with E-state index in [1.54, 1.807) is 0 Å². The number of nitrogens with zero attached hydrogens (tertiary/aromatic N) is 3. The molecule has 0 saturated carbocycles. The van der Waals surface area contributed by atoms with Gasteiger partial charge in [-0.3, -0.25) is 0 Å². The lowest BCUT2D eigenvalue weighted by Crippen LogP contribution is -2.12. The molecule has 0 bridgehead atoms. The first-order valence-corrected chi connectivity index (χ1v) is 19.9. The van der Waals surface area contributed by atoms with Crippen molar-refractivity contribution in [1.29, 1.82) is 5.26 Å². The maximum Gasteiger partial charge on any atom is 0.417 e. The number of halogens is 18. The van der Waals surface area contributed by atoms with Gasteiger partial charge in [-0.1, -0.05) is 18.2 Å². The van der Waals surface area contributed by atoms with E-state index in [-0.39, 0.29) is 56.2 Å². The van der Waals surface area contributed by atoms with Gasteiger partial charge in [0.2, 0.25) is 0 Å². The van der Waals surface area contributed by atoms with E-state index in [0.717, 1.165) is 63.7 Å². The molecule has 0 saturated heterocycles. The van der Waals surface area contributed by atoms with Crippen LogP contribution in [0.1, 0.15) is 38.9 Å². The minimum Gasteiger partial charge on any atom is -0.309 e. The molecule has 70 heavy (non-hydrogen) atoms. The first-order valence-electron chi connectivity index (χ1n) is 19.9. The normalized spacial score (nSPS) is 13.3. The standard InChI is InChI=1S/C49H21F18N3/c50-44(51,52)25-4-11-39-33(17-25)34-18-26(45(53,54)55)5-12-40(34)69(39)38-10-2-24(30-9-3-29(48(62,63)64)21-37(30)49(65,66)67)16-32(38)31-8-1-23(22-68)15-43(31)70-41-13-6-27(46(56,57)58)19-35(41)36-20-28(47(59,60)61)7-14-42(36)70/h1-21H.